The SMILES string of the molecule is CC(O)CCC(=O)NC1CC1c1ccccc1. The predicted molar refractivity (Wildman–Crippen MR) is 66.6 cm³/mol. The zero-order valence-corrected chi connectivity index (χ0v) is 10.1. The number of hydrogen-bond donors (Lipinski definition) is 2. The Morgan fingerprint density at radius 2 is 2.18 bits per heavy atom. The van der Waals surface area contributed by atoms with Crippen LogP contribution < -0.4 is 5.32 Å². The second-order valence-corrected chi connectivity index (χ2v) is 4.81. The van der Waals surface area contributed by atoms with Gasteiger partial charge in [-0.15, -0.1) is 0 Å². The van der Waals surface area contributed by atoms with Gasteiger partial charge < -0.3 is 10.4 Å². The van der Waals surface area contributed by atoms with Gasteiger partial charge in [-0.25, -0.2) is 0 Å². The monoisotopic (exact) mass is 233 g/mol. The molecule has 0 spiro atoms. The maximum atomic E-state index is 11.6. The summed E-state index contributed by atoms with van der Waals surface area (Å²) in [6.45, 7) is 1.71. The molecule has 1 aromatic rings. The average molecular weight is 233 g/mol. The smallest absolute Gasteiger partial charge is 0.220 e. The molecule has 0 saturated heterocycles. The molecule has 2 N–H and O–H groups in total. The van der Waals surface area contributed by atoms with Crippen LogP contribution in [0.2, 0.25) is 0 Å². The van der Waals surface area contributed by atoms with Gasteiger partial charge in [0.05, 0.1) is 6.10 Å². The minimum absolute atomic E-state index is 0.0503. The van der Waals surface area contributed by atoms with Crippen LogP contribution in [-0.2, 0) is 4.79 Å². The molecule has 1 amide bonds. The molecule has 3 unspecified atom stereocenters. The summed E-state index contributed by atoms with van der Waals surface area (Å²) < 4.78 is 0. The van der Waals surface area contributed by atoms with Crippen LogP contribution in [0.25, 0.3) is 0 Å². The van der Waals surface area contributed by atoms with Gasteiger partial charge in [-0.1, -0.05) is 30.3 Å². The van der Waals surface area contributed by atoms with Crippen molar-refractivity contribution >= 4 is 5.91 Å². The van der Waals surface area contributed by atoms with E-state index >= 15 is 0 Å². The van der Waals surface area contributed by atoms with Gasteiger partial charge in [0, 0.05) is 18.4 Å². The van der Waals surface area contributed by atoms with Gasteiger partial charge in [-0.05, 0) is 25.3 Å². The largest absolute Gasteiger partial charge is 0.393 e. The van der Waals surface area contributed by atoms with Crippen molar-refractivity contribution in [3.05, 3.63) is 35.9 Å². The van der Waals surface area contributed by atoms with E-state index < -0.39 is 6.10 Å². The number of aliphatic hydroxyl groups excluding tert-OH is 1. The Kier molecular flexibility index (Phi) is 3.79. The standard InChI is InChI=1S/C14H19NO2/c1-10(16)7-8-14(17)15-13-9-12(13)11-5-3-2-4-6-11/h2-6,10,12-13,16H,7-9H2,1H3,(H,15,17). The third kappa shape index (κ3) is 3.56. The fourth-order valence-corrected chi connectivity index (χ4v) is 2.04. The van der Waals surface area contributed by atoms with E-state index in [2.05, 4.69) is 17.4 Å². The second kappa shape index (κ2) is 5.32. The molecule has 3 atom stereocenters. The summed E-state index contributed by atoms with van der Waals surface area (Å²) in [6.07, 6.45) is 1.58. The average Bonchev–Trinajstić information content (AvgIpc) is 3.07. The van der Waals surface area contributed by atoms with E-state index in [4.69, 9.17) is 5.11 Å². The van der Waals surface area contributed by atoms with Crippen LogP contribution in [0.1, 0.15) is 37.7 Å². The van der Waals surface area contributed by atoms with Crippen LogP contribution in [0.3, 0.4) is 0 Å². The van der Waals surface area contributed by atoms with Crippen molar-refractivity contribution in [3.8, 4) is 0 Å². The molecule has 17 heavy (non-hydrogen) atoms. The molecule has 1 aromatic carbocycles. The lowest BCUT2D eigenvalue weighted by molar-refractivity contribution is -0.121. The Morgan fingerprint density at radius 1 is 1.47 bits per heavy atom. The van der Waals surface area contributed by atoms with Gasteiger partial charge in [0.1, 0.15) is 0 Å². The number of hydrogen-bond acceptors (Lipinski definition) is 2. The predicted octanol–water partition coefficient (Wildman–Crippen LogP) is 1.82. The lowest BCUT2D eigenvalue weighted by Gasteiger charge is -2.06. The molecule has 3 nitrogen and oxygen atoms in total. The van der Waals surface area contributed by atoms with Crippen molar-refractivity contribution < 1.29 is 9.90 Å². The first-order valence-electron chi connectivity index (χ1n) is 6.19. The first-order chi connectivity index (χ1) is 8.16. The van der Waals surface area contributed by atoms with Crippen LogP contribution >= 0.6 is 0 Å². The van der Waals surface area contributed by atoms with Crippen LogP contribution in [-0.4, -0.2) is 23.2 Å². The van der Waals surface area contributed by atoms with Crippen molar-refractivity contribution in [2.75, 3.05) is 0 Å². The summed E-state index contributed by atoms with van der Waals surface area (Å²) >= 11 is 0. The highest BCUT2D eigenvalue weighted by Crippen LogP contribution is 2.40. The van der Waals surface area contributed by atoms with Crippen molar-refractivity contribution in [2.45, 2.75) is 44.2 Å². The maximum Gasteiger partial charge on any atom is 0.220 e. The first-order valence-corrected chi connectivity index (χ1v) is 6.19. The molecule has 0 heterocycles. The summed E-state index contributed by atoms with van der Waals surface area (Å²) in [5, 5.41) is 12.1. The summed E-state index contributed by atoms with van der Waals surface area (Å²) in [5.41, 5.74) is 1.30. The topological polar surface area (TPSA) is 49.3 Å². The van der Waals surface area contributed by atoms with Gasteiger partial charge >= 0.3 is 0 Å². The van der Waals surface area contributed by atoms with E-state index in [0.717, 1.165) is 6.42 Å². The molecule has 0 bridgehead atoms. The molecule has 1 fully saturated rings. The Balaban J connectivity index is 1.75. The number of benzene rings is 1. The molecular weight excluding hydrogens is 214 g/mol. The first kappa shape index (κ1) is 12.1. The highest BCUT2D eigenvalue weighted by molar-refractivity contribution is 5.76. The van der Waals surface area contributed by atoms with E-state index in [1.54, 1.807) is 6.92 Å². The molecule has 3 heteroatoms. The van der Waals surface area contributed by atoms with E-state index in [9.17, 15) is 4.79 Å². The van der Waals surface area contributed by atoms with Crippen LogP contribution in [0.5, 0.6) is 0 Å². The van der Waals surface area contributed by atoms with E-state index in [1.165, 1.54) is 5.56 Å². The van der Waals surface area contributed by atoms with Gasteiger partial charge in [0.15, 0.2) is 0 Å². The Morgan fingerprint density at radius 3 is 2.82 bits per heavy atom. The van der Waals surface area contributed by atoms with E-state index in [0.29, 0.717) is 24.8 Å². The van der Waals surface area contributed by atoms with Crippen LogP contribution in [0.15, 0.2) is 30.3 Å². The lowest BCUT2D eigenvalue weighted by atomic mass is 10.1. The summed E-state index contributed by atoms with van der Waals surface area (Å²) in [7, 11) is 0. The molecule has 1 aliphatic rings. The van der Waals surface area contributed by atoms with E-state index in [-0.39, 0.29) is 5.91 Å². The van der Waals surface area contributed by atoms with Crippen molar-refractivity contribution in [2.24, 2.45) is 0 Å². The molecule has 92 valence electrons. The number of aliphatic hydroxyl groups is 1. The number of nitrogens with one attached hydrogen (secondary N) is 1. The minimum atomic E-state index is -0.398. The number of rotatable bonds is 5. The van der Waals surface area contributed by atoms with Crippen molar-refractivity contribution in [1.82, 2.24) is 5.32 Å². The number of amides is 1. The third-order valence-electron chi connectivity index (χ3n) is 3.15. The molecule has 1 aliphatic carbocycles. The highest BCUT2D eigenvalue weighted by Gasteiger charge is 2.39. The maximum absolute atomic E-state index is 11.6. The molecule has 1 saturated carbocycles. The van der Waals surface area contributed by atoms with Gasteiger partial charge in [0.2, 0.25) is 5.91 Å². The van der Waals surface area contributed by atoms with Gasteiger partial charge in [-0.3, -0.25) is 4.79 Å². The normalized spacial score (nSPS) is 24.1. The minimum Gasteiger partial charge on any atom is -0.393 e. The Bertz CT molecular complexity index is 375. The lowest BCUT2D eigenvalue weighted by Crippen LogP contribution is -2.27. The zero-order chi connectivity index (χ0) is 12.3. The van der Waals surface area contributed by atoms with E-state index in [1.807, 2.05) is 18.2 Å². The van der Waals surface area contributed by atoms with Gasteiger partial charge in [0.25, 0.3) is 0 Å². The summed E-state index contributed by atoms with van der Waals surface area (Å²) in [6, 6.07) is 10.6. The van der Waals surface area contributed by atoms with Crippen LogP contribution in [0.4, 0.5) is 0 Å². The molecule has 0 aromatic heterocycles. The Hall–Kier alpha value is -1.35. The quantitative estimate of drug-likeness (QED) is 0.815. The molecule has 2 rings (SSSR count). The zero-order valence-electron chi connectivity index (χ0n) is 10.1. The molecule has 0 aliphatic heterocycles. The number of carbonyl (C=O) groups excluding carboxylic acids is 1. The fourth-order valence-electron chi connectivity index (χ4n) is 2.04. The second-order valence-electron chi connectivity index (χ2n) is 4.81. The highest BCUT2D eigenvalue weighted by atomic mass is 16.3. The number of carbonyl (C=O) groups is 1. The molecule has 0 radical (unpaired) electrons. The Labute approximate surface area is 102 Å². The third-order valence-corrected chi connectivity index (χ3v) is 3.15. The summed E-state index contributed by atoms with van der Waals surface area (Å²) in [5.74, 6) is 0.529. The van der Waals surface area contributed by atoms with Crippen molar-refractivity contribution in [3.63, 3.8) is 0 Å². The van der Waals surface area contributed by atoms with Crippen LogP contribution in [0, 0.1) is 0 Å². The molecular formula is C14H19NO2. The van der Waals surface area contributed by atoms with Gasteiger partial charge in [-0.2, -0.15) is 0 Å². The summed E-state index contributed by atoms with van der Waals surface area (Å²) in [4.78, 5) is 11.6. The van der Waals surface area contributed by atoms with Crippen molar-refractivity contribution in [1.29, 1.82) is 0 Å². The fraction of sp³-hybridized carbons (Fsp3) is 0.500.